The van der Waals surface area contributed by atoms with Gasteiger partial charge in [-0.2, -0.15) is 0 Å². The van der Waals surface area contributed by atoms with E-state index in [1.54, 1.807) is 12.4 Å². The van der Waals surface area contributed by atoms with Gasteiger partial charge < -0.3 is 5.43 Å². The minimum atomic E-state index is 0.662. The summed E-state index contributed by atoms with van der Waals surface area (Å²) in [6, 6.07) is 5.74. The Labute approximate surface area is 93.4 Å². The van der Waals surface area contributed by atoms with Crippen molar-refractivity contribution in [2.24, 2.45) is 10.8 Å². The van der Waals surface area contributed by atoms with Crippen molar-refractivity contribution in [3.8, 4) is 0 Å². The number of nitrogens with one attached hydrogen (secondary N) is 1. The van der Waals surface area contributed by atoms with Crippen molar-refractivity contribution in [3.05, 3.63) is 36.2 Å². The van der Waals surface area contributed by atoms with Gasteiger partial charge in [0.25, 0.3) is 0 Å². The number of hydrazine groups is 1. The molecule has 1 heterocycles. The summed E-state index contributed by atoms with van der Waals surface area (Å²) >= 11 is 0. The van der Waals surface area contributed by atoms with Crippen molar-refractivity contribution in [2.75, 3.05) is 6.54 Å². The third-order valence-corrected chi connectivity index (χ3v) is 2.20. The monoisotopic (exact) mass is 215 g/mol. The molecule has 82 valence electrons. The van der Waals surface area contributed by atoms with Gasteiger partial charge in [-0.25, -0.2) is 5.84 Å². The number of amidine groups is 1. The maximum Gasteiger partial charge on any atom is 0.142 e. The van der Waals surface area contributed by atoms with Gasteiger partial charge in [0.1, 0.15) is 5.84 Å². The van der Waals surface area contributed by atoms with Gasteiger partial charge in [0.2, 0.25) is 0 Å². The average Bonchev–Trinajstić information content (AvgIpc) is 2.35. The Hall–Kier alpha value is -2.01. The Kier molecular flexibility index (Phi) is 3.07. The van der Waals surface area contributed by atoms with E-state index in [0.717, 1.165) is 16.6 Å². The van der Waals surface area contributed by atoms with E-state index in [-0.39, 0.29) is 0 Å². The molecule has 16 heavy (non-hydrogen) atoms. The van der Waals surface area contributed by atoms with E-state index >= 15 is 0 Å². The van der Waals surface area contributed by atoms with Crippen LogP contribution in [0.25, 0.3) is 11.0 Å². The Bertz CT molecular complexity index is 521. The first-order valence-corrected chi connectivity index (χ1v) is 5.07. The Morgan fingerprint density at radius 2 is 2.06 bits per heavy atom. The van der Waals surface area contributed by atoms with Gasteiger partial charge >= 0.3 is 0 Å². The number of aromatic nitrogens is 2. The van der Waals surface area contributed by atoms with Gasteiger partial charge in [0.15, 0.2) is 0 Å². The molecule has 0 spiro atoms. The quantitative estimate of drug-likeness (QED) is 0.337. The lowest BCUT2D eigenvalue weighted by atomic mass is 10.2. The molecule has 0 atom stereocenters. The first kappa shape index (κ1) is 10.5. The van der Waals surface area contributed by atoms with E-state index in [9.17, 15) is 0 Å². The second-order valence-corrected chi connectivity index (χ2v) is 3.23. The molecule has 1 aromatic carbocycles. The third kappa shape index (κ3) is 1.99. The normalized spacial score (nSPS) is 11.8. The van der Waals surface area contributed by atoms with Crippen molar-refractivity contribution < 1.29 is 0 Å². The Morgan fingerprint density at radius 1 is 1.31 bits per heavy atom. The fourth-order valence-corrected chi connectivity index (χ4v) is 1.49. The highest BCUT2D eigenvalue weighted by atomic mass is 15.2. The van der Waals surface area contributed by atoms with Gasteiger partial charge in [-0.15, -0.1) is 0 Å². The second-order valence-electron chi connectivity index (χ2n) is 3.23. The molecule has 0 aliphatic heterocycles. The van der Waals surface area contributed by atoms with E-state index < -0.39 is 0 Å². The van der Waals surface area contributed by atoms with Crippen LogP contribution in [0.2, 0.25) is 0 Å². The Morgan fingerprint density at radius 3 is 2.75 bits per heavy atom. The summed E-state index contributed by atoms with van der Waals surface area (Å²) in [5, 5.41) is 0. The topological polar surface area (TPSA) is 76.2 Å². The summed E-state index contributed by atoms with van der Waals surface area (Å²) in [6.45, 7) is 2.64. The van der Waals surface area contributed by atoms with Crippen LogP contribution in [-0.4, -0.2) is 22.3 Å². The molecule has 0 saturated heterocycles. The molecule has 1 aromatic heterocycles. The highest BCUT2D eigenvalue weighted by Crippen LogP contribution is 2.10. The molecule has 5 nitrogen and oxygen atoms in total. The molecule has 2 aromatic rings. The third-order valence-electron chi connectivity index (χ3n) is 2.20. The van der Waals surface area contributed by atoms with Crippen LogP contribution in [0.3, 0.4) is 0 Å². The fraction of sp³-hybridized carbons (Fsp3) is 0.182. The van der Waals surface area contributed by atoms with Crippen LogP contribution >= 0.6 is 0 Å². The number of hydrogen-bond acceptors (Lipinski definition) is 4. The van der Waals surface area contributed by atoms with Crippen LogP contribution in [0, 0.1) is 0 Å². The molecule has 0 unspecified atom stereocenters. The van der Waals surface area contributed by atoms with Crippen LogP contribution in [0.4, 0.5) is 0 Å². The molecule has 0 aliphatic rings. The summed E-state index contributed by atoms with van der Waals surface area (Å²) in [5.41, 5.74) is 5.19. The summed E-state index contributed by atoms with van der Waals surface area (Å²) in [5.74, 6) is 6.08. The van der Waals surface area contributed by atoms with Crippen molar-refractivity contribution in [1.82, 2.24) is 15.4 Å². The minimum absolute atomic E-state index is 0.662. The van der Waals surface area contributed by atoms with Crippen LogP contribution < -0.4 is 11.3 Å². The number of fused-ring (bicyclic) bond motifs is 1. The molecule has 0 aliphatic carbocycles. The standard InChI is InChI=1S/C11H13N5/c1-2-13-11(16-12)8-3-4-9-10(7-8)15-6-5-14-9/h3-7H,2,12H2,1H3,(H,13,16). The first-order valence-electron chi connectivity index (χ1n) is 5.07. The SMILES string of the molecule is CCN=C(NN)c1ccc2nccnc2c1. The highest BCUT2D eigenvalue weighted by Gasteiger charge is 2.03. The van der Waals surface area contributed by atoms with Crippen LogP contribution in [0.1, 0.15) is 12.5 Å². The summed E-state index contributed by atoms with van der Waals surface area (Å²) in [6.07, 6.45) is 3.34. The molecule has 0 saturated carbocycles. The van der Waals surface area contributed by atoms with E-state index in [1.165, 1.54) is 0 Å². The predicted octanol–water partition coefficient (Wildman–Crippen LogP) is 0.860. The maximum atomic E-state index is 5.42. The molecule has 0 radical (unpaired) electrons. The van der Waals surface area contributed by atoms with E-state index in [4.69, 9.17) is 5.84 Å². The number of hydrogen-bond donors (Lipinski definition) is 2. The zero-order chi connectivity index (χ0) is 11.4. The highest BCUT2D eigenvalue weighted by molar-refractivity contribution is 6.00. The molecule has 2 rings (SSSR count). The number of nitrogens with two attached hydrogens (primary N) is 1. The molecule has 5 heteroatoms. The van der Waals surface area contributed by atoms with Crippen LogP contribution in [-0.2, 0) is 0 Å². The molecule has 3 N–H and O–H groups in total. The van der Waals surface area contributed by atoms with E-state index in [1.807, 2.05) is 25.1 Å². The molecular formula is C11H13N5. The zero-order valence-corrected chi connectivity index (χ0v) is 9.01. The van der Waals surface area contributed by atoms with Gasteiger partial charge in [-0.05, 0) is 25.1 Å². The number of benzene rings is 1. The number of aliphatic imine (C=N–C) groups is 1. The summed E-state index contributed by atoms with van der Waals surface area (Å²) in [4.78, 5) is 12.7. The van der Waals surface area contributed by atoms with Crippen LogP contribution in [0.5, 0.6) is 0 Å². The molecule has 0 bridgehead atoms. The zero-order valence-electron chi connectivity index (χ0n) is 9.01. The fourth-order valence-electron chi connectivity index (χ4n) is 1.49. The minimum Gasteiger partial charge on any atom is -0.308 e. The van der Waals surface area contributed by atoms with Gasteiger partial charge in [0.05, 0.1) is 11.0 Å². The maximum absolute atomic E-state index is 5.42. The van der Waals surface area contributed by atoms with Gasteiger partial charge in [-0.1, -0.05) is 0 Å². The lowest BCUT2D eigenvalue weighted by molar-refractivity contribution is 0.992. The molecule has 0 fully saturated rings. The lowest BCUT2D eigenvalue weighted by Gasteiger charge is -2.05. The second kappa shape index (κ2) is 4.67. The molecule has 0 amide bonds. The Balaban J connectivity index is 2.50. The van der Waals surface area contributed by atoms with Crippen molar-refractivity contribution in [3.63, 3.8) is 0 Å². The summed E-state index contributed by atoms with van der Waals surface area (Å²) in [7, 11) is 0. The number of rotatable bonds is 2. The largest absolute Gasteiger partial charge is 0.308 e. The lowest BCUT2D eigenvalue weighted by Crippen LogP contribution is -2.31. The van der Waals surface area contributed by atoms with Gasteiger partial charge in [-0.3, -0.25) is 15.0 Å². The van der Waals surface area contributed by atoms with Crippen molar-refractivity contribution >= 4 is 16.9 Å². The van der Waals surface area contributed by atoms with Crippen molar-refractivity contribution in [2.45, 2.75) is 6.92 Å². The smallest absolute Gasteiger partial charge is 0.142 e. The van der Waals surface area contributed by atoms with Crippen molar-refractivity contribution in [1.29, 1.82) is 0 Å². The van der Waals surface area contributed by atoms with Crippen LogP contribution in [0.15, 0.2) is 35.6 Å². The average molecular weight is 215 g/mol. The summed E-state index contributed by atoms with van der Waals surface area (Å²) < 4.78 is 0. The number of nitrogens with zero attached hydrogens (tertiary/aromatic N) is 3. The molecular weight excluding hydrogens is 202 g/mol. The van der Waals surface area contributed by atoms with E-state index in [2.05, 4.69) is 20.4 Å². The first-order chi connectivity index (χ1) is 7.85. The van der Waals surface area contributed by atoms with Gasteiger partial charge in [0, 0.05) is 24.5 Å². The van der Waals surface area contributed by atoms with E-state index in [0.29, 0.717) is 12.4 Å². The predicted molar refractivity (Wildman–Crippen MR) is 63.9 cm³/mol.